The maximum atomic E-state index is 12.3. The number of hydrogen-bond acceptors (Lipinski definition) is 2. The number of carbonyl (C=O) groups excluding carboxylic acids is 1. The van der Waals surface area contributed by atoms with Gasteiger partial charge in [0.25, 0.3) is 5.91 Å². The van der Waals surface area contributed by atoms with Gasteiger partial charge in [0, 0.05) is 21.4 Å². The van der Waals surface area contributed by atoms with Gasteiger partial charge in [0.15, 0.2) is 11.7 Å². The maximum absolute atomic E-state index is 12.3. The summed E-state index contributed by atoms with van der Waals surface area (Å²) in [5.74, 6) is -0.0539. The number of piperazine rings is 1. The summed E-state index contributed by atoms with van der Waals surface area (Å²) in [5.41, 5.74) is 1.60. The molecular formula is C19H21Cl2N4OS+. The summed E-state index contributed by atoms with van der Waals surface area (Å²) in [6, 6.07) is 14.9. The number of carbonyl (C=O) groups is 1. The average Bonchev–Trinajstić information content (AvgIpc) is 2.62. The Balaban J connectivity index is 1.45. The minimum absolute atomic E-state index is 0.0539. The van der Waals surface area contributed by atoms with E-state index in [4.69, 9.17) is 35.4 Å². The summed E-state index contributed by atoms with van der Waals surface area (Å²) < 4.78 is 0. The van der Waals surface area contributed by atoms with Gasteiger partial charge in [0.1, 0.15) is 0 Å². The lowest BCUT2D eigenvalue weighted by atomic mass is 10.3. The van der Waals surface area contributed by atoms with Crippen LogP contribution in [0.5, 0.6) is 0 Å². The van der Waals surface area contributed by atoms with Crippen LogP contribution in [0.1, 0.15) is 0 Å². The topological polar surface area (TPSA) is 48.8 Å². The fraction of sp³-hybridized carbons (Fsp3) is 0.263. The minimum atomic E-state index is -0.0539. The molecule has 3 N–H and O–H groups in total. The summed E-state index contributed by atoms with van der Waals surface area (Å²) >= 11 is 17.4. The zero-order valence-electron chi connectivity index (χ0n) is 14.7. The summed E-state index contributed by atoms with van der Waals surface area (Å²) in [7, 11) is 0. The molecule has 142 valence electrons. The molecule has 1 fully saturated rings. The standard InChI is InChI=1S/C19H20Cl2N4OS/c20-14-10-15(21)12-17(11-14)22-18(26)13-24-6-8-25(9-7-24)19(27)23-16-4-2-1-3-5-16/h1-5,10-12H,6-9,13H2,(H,22,26)(H,23,27)/p+1. The SMILES string of the molecule is O=C(C[NH+]1CCN(C(=S)Nc2ccccc2)CC1)Nc1cc(Cl)cc(Cl)c1. The van der Waals surface area contributed by atoms with E-state index in [2.05, 4.69) is 15.5 Å². The van der Waals surface area contributed by atoms with E-state index in [1.165, 1.54) is 4.90 Å². The molecule has 0 aromatic heterocycles. The smallest absolute Gasteiger partial charge is 0.279 e. The number of nitrogens with zero attached hydrogens (tertiary/aromatic N) is 1. The van der Waals surface area contributed by atoms with E-state index < -0.39 is 0 Å². The van der Waals surface area contributed by atoms with E-state index in [1.807, 2.05) is 30.3 Å². The van der Waals surface area contributed by atoms with Crippen LogP contribution in [-0.4, -0.2) is 48.6 Å². The maximum Gasteiger partial charge on any atom is 0.279 e. The second-order valence-electron chi connectivity index (χ2n) is 6.42. The molecule has 1 aliphatic rings. The second-order valence-corrected chi connectivity index (χ2v) is 7.68. The molecule has 3 rings (SSSR count). The number of anilines is 2. The summed E-state index contributed by atoms with van der Waals surface area (Å²) in [5, 5.41) is 7.83. The molecule has 2 aromatic rings. The highest BCUT2D eigenvalue weighted by Crippen LogP contribution is 2.22. The first-order chi connectivity index (χ1) is 13.0. The van der Waals surface area contributed by atoms with Gasteiger partial charge >= 0.3 is 0 Å². The van der Waals surface area contributed by atoms with Crippen molar-refractivity contribution in [3.05, 3.63) is 58.6 Å². The molecule has 1 amide bonds. The molecule has 0 radical (unpaired) electrons. The Labute approximate surface area is 174 Å². The van der Waals surface area contributed by atoms with E-state index in [1.54, 1.807) is 18.2 Å². The summed E-state index contributed by atoms with van der Waals surface area (Å²) in [6.45, 7) is 3.71. The summed E-state index contributed by atoms with van der Waals surface area (Å²) in [6.07, 6.45) is 0. The van der Waals surface area contributed by atoms with Crippen molar-refractivity contribution in [2.75, 3.05) is 43.4 Å². The van der Waals surface area contributed by atoms with Gasteiger partial charge in [-0.1, -0.05) is 41.4 Å². The van der Waals surface area contributed by atoms with Crippen molar-refractivity contribution in [1.29, 1.82) is 0 Å². The van der Waals surface area contributed by atoms with Crippen molar-refractivity contribution in [2.45, 2.75) is 0 Å². The molecular weight excluding hydrogens is 403 g/mol. The molecule has 8 heteroatoms. The molecule has 1 heterocycles. The van der Waals surface area contributed by atoms with Crippen LogP contribution in [0.25, 0.3) is 0 Å². The van der Waals surface area contributed by atoms with E-state index in [0.717, 1.165) is 37.0 Å². The predicted octanol–water partition coefficient (Wildman–Crippen LogP) is 2.53. The number of halogens is 2. The molecule has 0 saturated carbocycles. The first kappa shape index (κ1) is 19.9. The highest BCUT2D eigenvalue weighted by Gasteiger charge is 2.23. The van der Waals surface area contributed by atoms with Gasteiger partial charge in [-0.3, -0.25) is 4.79 Å². The molecule has 0 spiro atoms. The summed E-state index contributed by atoms with van der Waals surface area (Å²) in [4.78, 5) is 15.7. The largest absolute Gasteiger partial charge is 0.338 e. The quantitative estimate of drug-likeness (QED) is 0.661. The van der Waals surface area contributed by atoms with Crippen LogP contribution >= 0.6 is 35.4 Å². The molecule has 0 bridgehead atoms. The first-order valence-electron chi connectivity index (χ1n) is 8.70. The van der Waals surface area contributed by atoms with Gasteiger partial charge < -0.3 is 20.4 Å². The molecule has 5 nitrogen and oxygen atoms in total. The van der Waals surface area contributed by atoms with Crippen molar-refractivity contribution in [1.82, 2.24) is 4.90 Å². The zero-order valence-corrected chi connectivity index (χ0v) is 17.0. The van der Waals surface area contributed by atoms with Crippen molar-refractivity contribution >= 4 is 57.8 Å². The van der Waals surface area contributed by atoms with Crippen LogP contribution in [-0.2, 0) is 4.79 Å². The van der Waals surface area contributed by atoms with E-state index in [0.29, 0.717) is 22.3 Å². The fourth-order valence-electron chi connectivity index (χ4n) is 2.99. The normalized spacial score (nSPS) is 14.7. The fourth-order valence-corrected chi connectivity index (χ4v) is 3.81. The van der Waals surface area contributed by atoms with Crippen LogP contribution in [0.4, 0.5) is 11.4 Å². The van der Waals surface area contributed by atoms with Crippen LogP contribution in [0.2, 0.25) is 10.0 Å². The van der Waals surface area contributed by atoms with Gasteiger partial charge in [-0.2, -0.15) is 0 Å². The monoisotopic (exact) mass is 423 g/mol. The Kier molecular flexibility index (Phi) is 6.90. The Morgan fingerprint density at radius 1 is 1.00 bits per heavy atom. The molecule has 27 heavy (non-hydrogen) atoms. The molecule has 1 aliphatic heterocycles. The van der Waals surface area contributed by atoms with Gasteiger partial charge in [-0.15, -0.1) is 0 Å². The number of amides is 1. The van der Waals surface area contributed by atoms with Crippen molar-refractivity contribution in [3.63, 3.8) is 0 Å². The lowest BCUT2D eigenvalue weighted by molar-refractivity contribution is -0.895. The van der Waals surface area contributed by atoms with Crippen molar-refractivity contribution in [3.8, 4) is 0 Å². The molecule has 0 atom stereocenters. The van der Waals surface area contributed by atoms with E-state index in [-0.39, 0.29) is 5.91 Å². The second kappa shape index (κ2) is 9.37. The number of nitrogens with one attached hydrogen (secondary N) is 3. The molecule has 2 aromatic carbocycles. The molecule has 0 unspecified atom stereocenters. The number of para-hydroxylation sites is 1. The van der Waals surface area contributed by atoms with Crippen LogP contribution in [0.3, 0.4) is 0 Å². The third-order valence-electron chi connectivity index (χ3n) is 4.34. The zero-order chi connectivity index (χ0) is 19.2. The number of benzene rings is 2. The van der Waals surface area contributed by atoms with Gasteiger partial charge in [-0.25, -0.2) is 0 Å². The lowest BCUT2D eigenvalue weighted by Gasteiger charge is -2.33. The number of thiocarbonyl (C=S) groups is 1. The Bertz CT molecular complexity index is 790. The Morgan fingerprint density at radius 2 is 1.63 bits per heavy atom. The van der Waals surface area contributed by atoms with Crippen LogP contribution in [0, 0.1) is 0 Å². The lowest BCUT2D eigenvalue weighted by Crippen LogP contribution is -3.15. The Morgan fingerprint density at radius 3 is 2.26 bits per heavy atom. The number of hydrogen-bond donors (Lipinski definition) is 3. The highest BCUT2D eigenvalue weighted by atomic mass is 35.5. The van der Waals surface area contributed by atoms with Gasteiger partial charge in [0.2, 0.25) is 0 Å². The van der Waals surface area contributed by atoms with Crippen LogP contribution < -0.4 is 15.5 Å². The predicted molar refractivity (Wildman–Crippen MR) is 115 cm³/mol. The Hall–Kier alpha value is -1.86. The number of rotatable bonds is 4. The highest BCUT2D eigenvalue weighted by molar-refractivity contribution is 7.80. The molecule has 0 aliphatic carbocycles. The number of quaternary nitrogens is 1. The van der Waals surface area contributed by atoms with E-state index in [9.17, 15) is 4.79 Å². The average molecular weight is 424 g/mol. The first-order valence-corrected chi connectivity index (χ1v) is 9.86. The third-order valence-corrected chi connectivity index (χ3v) is 5.14. The molecule has 1 saturated heterocycles. The van der Waals surface area contributed by atoms with Crippen molar-refractivity contribution < 1.29 is 9.69 Å². The minimum Gasteiger partial charge on any atom is -0.338 e. The van der Waals surface area contributed by atoms with Gasteiger partial charge in [0.05, 0.1) is 26.2 Å². The third kappa shape index (κ3) is 6.07. The van der Waals surface area contributed by atoms with Crippen LogP contribution in [0.15, 0.2) is 48.5 Å². The van der Waals surface area contributed by atoms with Crippen molar-refractivity contribution in [2.24, 2.45) is 0 Å². The van der Waals surface area contributed by atoms with E-state index >= 15 is 0 Å². The van der Waals surface area contributed by atoms with Gasteiger partial charge in [-0.05, 0) is 42.5 Å².